The zero-order valence-electron chi connectivity index (χ0n) is 12.0. The average molecular weight is 302 g/mol. The Kier molecular flexibility index (Phi) is 5.52. The smallest absolute Gasteiger partial charge is 0.332 e. The Hall–Kier alpha value is -1.60. The molecule has 0 saturated carbocycles. The summed E-state index contributed by atoms with van der Waals surface area (Å²) >= 11 is 0. The lowest BCUT2D eigenvalue weighted by molar-refractivity contribution is -0.655. The SMILES string of the molecule is CCC[NH2+]CCn1c(=O)c2c(ncn2C)n(C)c1=O.[Cl-]. The molecule has 2 aromatic rings. The first-order chi connectivity index (χ1) is 9.07. The van der Waals surface area contributed by atoms with Gasteiger partial charge in [-0.15, -0.1) is 0 Å². The van der Waals surface area contributed by atoms with Gasteiger partial charge in [0.15, 0.2) is 11.2 Å². The highest BCUT2D eigenvalue weighted by Gasteiger charge is 2.14. The van der Waals surface area contributed by atoms with Gasteiger partial charge in [-0.05, 0) is 6.42 Å². The number of nitrogens with zero attached hydrogens (tertiary/aromatic N) is 4. The van der Waals surface area contributed by atoms with Crippen molar-refractivity contribution < 1.29 is 17.7 Å². The normalized spacial score (nSPS) is 10.8. The number of nitrogens with two attached hydrogens (primary N) is 1. The molecule has 0 fully saturated rings. The number of imidazole rings is 1. The number of hydrogen-bond donors (Lipinski definition) is 1. The van der Waals surface area contributed by atoms with Crippen molar-refractivity contribution in [1.29, 1.82) is 0 Å². The first-order valence-electron chi connectivity index (χ1n) is 6.50. The van der Waals surface area contributed by atoms with Gasteiger partial charge in [-0.25, -0.2) is 9.78 Å². The minimum Gasteiger partial charge on any atom is -1.00 e. The molecule has 0 radical (unpaired) electrons. The summed E-state index contributed by atoms with van der Waals surface area (Å²) in [7, 11) is 3.40. The van der Waals surface area contributed by atoms with Crippen molar-refractivity contribution in [2.75, 3.05) is 13.1 Å². The molecule has 2 N–H and O–H groups in total. The van der Waals surface area contributed by atoms with E-state index in [0.717, 1.165) is 19.5 Å². The quantitative estimate of drug-likeness (QED) is 0.565. The van der Waals surface area contributed by atoms with Crippen molar-refractivity contribution in [3.63, 3.8) is 0 Å². The zero-order chi connectivity index (χ0) is 14.0. The van der Waals surface area contributed by atoms with Crippen molar-refractivity contribution in [1.82, 2.24) is 18.7 Å². The van der Waals surface area contributed by atoms with Crippen molar-refractivity contribution in [3.8, 4) is 0 Å². The van der Waals surface area contributed by atoms with E-state index >= 15 is 0 Å². The molecule has 20 heavy (non-hydrogen) atoms. The van der Waals surface area contributed by atoms with E-state index in [2.05, 4.69) is 17.2 Å². The summed E-state index contributed by atoms with van der Waals surface area (Å²) in [6.45, 7) is 4.26. The van der Waals surface area contributed by atoms with Gasteiger partial charge >= 0.3 is 5.69 Å². The standard InChI is InChI=1S/C12H19N5O2.ClH/c1-4-5-13-6-7-17-11(18)9-10(14-8-15(9)2)16(3)12(17)19;/h8,13H,4-7H2,1-3H3;1H. The first kappa shape index (κ1) is 16.5. The van der Waals surface area contributed by atoms with E-state index in [-0.39, 0.29) is 23.7 Å². The van der Waals surface area contributed by atoms with Crippen LogP contribution in [0.15, 0.2) is 15.9 Å². The van der Waals surface area contributed by atoms with E-state index in [1.807, 2.05) is 0 Å². The van der Waals surface area contributed by atoms with E-state index < -0.39 is 0 Å². The van der Waals surface area contributed by atoms with Gasteiger partial charge in [0.1, 0.15) is 0 Å². The summed E-state index contributed by atoms with van der Waals surface area (Å²) in [5.74, 6) is 0. The zero-order valence-corrected chi connectivity index (χ0v) is 12.7. The van der Waals surface area contributed by atoms with Crippen LogP contribution in [0.5, 0.6) is 0 Å². The predicted molar refractivity (Wildman–Crippen MR) is 72.2 cm³/mol. The second-order valence-corrected chi connectivity index (χ2v) is 4.69. The third-order valence-corrected chi connectivity index (χ3v) is 3.25. The summed E-state index contributed by atoms with van der Waals surface area (Å²) in [6, 6.07) is 0. The average Bonchev–Trinajstić information content (AvgIpc) is 2.77. The second-order valence-electron chi connectivity index (χ2n) is 4.69. The van der Waals surface area contributed by atoms with Gasteiger partial charge in [0.25, 0.3) is 5.56 Å². The molecule has 0 amide bonds. The maximum Gasteiger partial charge on any atom is 0.332 e. The maximum atomic E-state index is 12.3. The second kappa shape index (κ2) is 6.71. The van der Waals surface area contributed by atoms with Gasteiger partial charge in [-0.1, -0.05) is 6.92 Å². The molecule has 0 aliphatic heterocycles. The number of halogens is 1. The van der Waals surface area contributed by atoms with Crippen LogP contribution in [0.3, 0.4) is 0 Å². The summed E-state index contributed by atoms with van der Waals surface area (Å²) < 4.78 is 4.37. The summed E-state index contributed by atoms with van der Waals surface area (Å²) in [5, 5.41) is 2.11. The third-order valence-electron chi connectivity index (χ3n) is 3.25. The Bertz CT molecular complexity index is 700. The Morgan fingerprint density at radius 1 is 1.25 bits per heavy atom. The van der Waals surface area contributed by atoms with Crippen molar-refractivity contribution in [2.45, 2.75) is 19.9 Å². The molecule has 112 valence electrons. The Morgan fingerprint density at radius 3 is 2.60 bits per heavy atom. The van der Waals surface area contributed by atoms with E-state index in [4.69, 9.17) is 0 Å². The van der Waals surface area contributed by atoms with Crippen molar-refractivity contribution in [2.24, 2.45) is 14.1 Å². The monoisotopic (exact) mass is 301 g/mol. The lowest BCUT2D eigenvalue weighted by atomic mass is 10.4. The largest absolute Gasteiger partial charge is 1.00 e. The molecule has 2 aromatic heterocycles. The molecular weight excluding hydrogens is 282 g/mol. The van der Waals surface area contributed by atoms with Crippen molar-refractivity contribution >= 4 is 11.2 Å². The molecule has 0 aliphatic rings. The highest BCUT2D eigenvalue weighted by molar-refractivity contribution is 5.69. The lowest BCUT2D eigenvalue weighted by Gasteiger charge is -2.07. The Labute approximate surface area is 122 Å². The minimum absolute atomic E-state index is 0. The summed E-state index contributed by atoms with van der Waals surface area (Å²) in [6.07, 6.45) is 2.63. The van der Waals surface area contributed by atoms with Crippen LogP contribution in [0.25, 0.3) is 11.2 Å². The molecule has 0 spiro atoms. The van der Waals surface area contributed by atoms with Gasteiger partial charge in [-0.3, -0.25) is 13.9 Å². The van der Waals surface area contributed by atoms with E-state index in [9.17, 15) is 9.59 Å². The number of aromatic nitrogens is 4. The molecule has 2 heterocycles. The molecule has 0 bridgehead atoms. The van der Waals surface area contributed by atoms with Gasteiger partial charge in [0.2, 0.25) is 0 Å². The lowest BCUT2D eigenvalue weighted by Crippen LogP contribution is -3.00. The van der Waals surface area contributed by atoms with Gasteiger partial charge in [-0.2, -0.15) is 0 Å². The minimum atomic E-state index is -0.305. The highest BCUT2D eigenvalue weighted by atomic mass is 35.5. The molecule has 0 saturated heterocycles. The molecule has 2 rings (SSSR count). The summed E-state index contributed by atoms with van der Waals surface area (Å²) in [4.78, 5) is 28.6. The van der Waals surface area contributed by atoms with Crippen LogP contribution in [-0.2, 0) is 20.6 Å². The highest BCUT2D eigenvalue weighted by Crippen LogP contribution is 2.02. The molecule has 7 nitrogen and oxygen atoms in total. The molecule has 0 aliphatic carbocycles. The number of fused-ring (bicyclic) bond motifs is 1. The van der Waals surface area contributed by atoms with Crippen LogP contribution >= 0.6 is 0 Å². The number of quaternary nitrogens is 1. The summed E-state index contributed by atoms with van der Waals surface area (Å²) in [5.41, 5.74) is 0.341. The topological polar surface area (TPSA) is 78.4 Å². The van der Waals surface area contributed by atoms with Crippen LogP contribution in [0, 0.1) is 0 Å². The van der Waals surface area contributed by atoms with Gasteiger partial charge in [0, 0.05) is 14.1 Å². The van der Waals surface area contributed by atoms with Crippen LogP contribution < -0.4 is 29.0 Å². The Morgan fingerprint density at radius 2 is 1.95 bits per heavy atom. The predicted octanol–water partition coefficient (Wildman–Crippen LogP) is -4.59. The van der Waals surface area contributed by atoms with E-state index in [1.54, 1.807) is 25.0 Å². The van der Waals surface area contributed by atoms with E-state index in [1.165, 1.54) is 9.13 Å². The van der Waals surface area contributed by atoms with E-state index in [0.29, 0.717) is 17.7 Å². The van der Waals surface area contributed by atoms with Crippen LogP contribution in [0.4, 0.5) is 0 Å². The molecular formula is C12H20ClN5O2. The molecule has 0 unspecified atom stereocenters. The number of aryl methyl sites for hydroxylation is 2. The fraction of sp³-hybridized carbons (Fsp3) is 0.583. The first-order valence-corrected chi connectivity index (χ1v) is 6.50. The van der Waals surface area contributed by atoms with Gasteiger partial charge < -0.3 is 22.3 Å². The third kappa shape index (κ3) is 2.78. The Balaban J connectivity index is 0.00000200. The van der Waals surface area contributed by atoms with Crippen LogP contribution in [0.2, 0.25) is 0 Å². The number of rotatable bonds is 5. The number of hydrogen-bond acceptors (Lipinski definition) is 3. The van der Waals surface area contributed by atoms with Crippen LogP contribution in [0.1, 0.15) is 13.3 Å². The fourth-order valence-electron chi connectivity index (χ4n) is 2.16. The molecule has 0 atom stereocenters. The molecule has 8 heteroatoms. The molecule has 0 aromatic carbocycles. The van der Waals surface area contributed by atoms with Gasteiger partial charge in [0.05, 0.1) is 26.0 Å². The fourth-order valence-corrected chi connectivity index (χ4v) is 2.16. The maximum absolute atomic E-state index is 12.3. The van der Waals surface area contributed by atoms with Crippen LogP contribution in [-0.4, -0.2) is 31.8 Å². The van der Waals surface area contributed by atoms with Crippen molar-refractivity contribution in [3.05, 3.63) is 27.2 Å².